The first kappa shape index (κ1) is 17.8. The van der Waals surface area contributed by atoms with Gasteiger partial charge in [-0.25, -0.2) is 13.2 Å². The number of amides is 2. The van der Waals surface area contributed by atoms with Crippen LogP contribution in [0.5, 0.6) is 5.75 Å². The zero-order valence-electron chi connectivity index (χ0n) is 13.7. The van der Waals surface area contributed by atoms with E-state index in [1.807, 2.05) is 13.0 Å². The summed E-state index contributed by atoms with van der Waals surface area (Å²) in [6.07, 6.45) is 1.16. The standard InChI is InChI=1S/C17H20N2O4S/c1-12(13-8-10-14(11-9-13)24(3,21)22)18-17(20)19-15-6-4-5-7-16(15)23-2/h4-12H,1-3H3,(H2,18,19,20). The van der Waals surface area contributed by atoms with Gasteiger partial charge in [-0.2, -0.15) is 0 Å². The quantitative estimate of drug-likeness (QED) is 0.870. The first-order valence-electron chi connectivity index (χ1n) is 7.32. The monoisotopic (exact) mass is 348 g/mol. The van der Waals surface area contributed by atoms with Gasteiger partial charge in [0.2, 0.25) is 0 Å². The van der Waals surface area contributed by atoms with E-state index in [9.17, 15) is 13.2 Å². The molecule has 0 aliphatic carbocycles. The van der Waals surface area contributed by atoms with Crippen LogP contribution >= 0.6 is 0 Å². The molecule has 1 atom stereocenters. The summed E-state index contributed by atoms with van der Waals surface area (Å²) in [5.41, 5.74) is 1.37. The SMILES string of the molecule is COc1ccccc1NC(=O)NC(C)c1ccc(S(C)(=O)=O)cc1. The lowest BCUT2D eigenvalue weighted by molar-refractivity contribution is 0.249. The third-order valence-electron chi connectivity index (χ3n) is 3.51. The van der Waals surface area contributed by atoms with Crippen molar-refractivity contribution in [1.29, 1.82) is 0 Å². The van der Waals surface area contributed by atoms with E-state index in [2.05, 4.69) is 10.6 Å². The van der Waals surface area contributed by atoms with Gasteiger partial charge in [0.1, 0.15) is 5.75 Å². The third kappa shape index (κ3) is 4.48. The van der Waals surface area contributed by atoms with Crippen LogP contribution in [0.15, 0.2) is 53.4 Å². The van der Waals surface area contributed by atoms with Crippen LogP contribution in [-0.2, 0) is 9.84 Å². The Morgan fingerprint density at radius 2 is 1.71 bits per heavy atom. The minimum Gasteiger partial charge on any atom is -0.495 e. The van der Waals surface area contributed by atoms with Crippen molar-refractivity contribution in [2.45, 2.75) is 17.9 Å². The number of benzene rings is 2. The van der Waals surface area contributed by atoms with Gasteiger partial charge in [0, 0.05) is 6.26 Å². The van der Waals surface area contributed by atoms with Gasteiger partial charge < -0.3 is 15.4 Å². The number of hydrogen-bond acceptors (Lipinski definition) is 4. The molecule has 2 aromatic rings. The van der Waals surface area contributed by atoms with E-state index in [-0.39, 0.29) is 17.0 Å². The molecule has 0 radical (unpaired) electrons. The molecular formula is C17H20N2O4S. The molecule has 0 bridgehead atoms. The van der Waals surface area contributed by atoms with E-state index in [0.717, 1.165) is 11.8 Å². The Morgan fingerprint density at radius 3 is 2.29 bits per heavy atom. The number of sulfone groups is 1. The highest BCUT2D eigenvalue weighted by molar-refractivity contribution is 7.90. The van der Waals surface area contributed by atoms with E-state index in [0.29, 0.717) is 11.4 Å². The van der Waals surface area contributed by atoms with Crippen LogP contribution in [-0.4, -0.2) is 27.8 Å². The number of urea groups is 1. The van der Waals surface area contributed by atoms with Gasteiger partial charge in [0.15, 0.2) is 9.84 Å². The van der Waals surface area contributed by atoms with E-state index in [1.165, 1.54) is 19.2 Å². The van der Waals surface area contributed by atoms with Crippen LogP contribution in [0.25, 0.3) is 0 Å². The van der Waals surface area contributed by atoms with Gasteiger partial charge in [-0.05, 0) is 36.8 Å². The Balaban J connectivity index is 2.03. The molecule has 24 heavy (non-hydrogen) atoms. The number of hydrogen-bond donors (Lipinski definition) is 2. The lowest BCUT2D eigenvalue weighted by atomic mass is 10.1. The van der Waals surface area contributed by atoms with E-state index < -0.39 is 9.84 Å². The van der Waals surface area contributed by atoms with Crippen molar-refractivity contribution in [3.63, 3.8) is 0 Å². The molecule has 2 rings (SSSR count). The van der Waals surface area contributed by atoms with E-state index in [4.69, 9.17) is 4.74 Å². The van der Waals surface area contributed by atoms with Crippen LogP contribution in [0.2, 0.25) is 0 Å². The minimum absolute atomic E-state index is 0.247. The second-order valence-corrected chi connectivity index (χ2v) is 7.38. The van der Waals surface area contributed by atoms with Crippen molar-refractivity contribution in [3.8, 4) is 5.75 Å². The van der Waals surface area contributed by atoms with Crippen LogP contribution in [0.1, 0.15) is 18.5 Å². The van der Waals surface area contributed by atoms with Crippen molar-refractivity contribution in [1.82, 2.24) is 5.32 Å². The molecule has 2 amide bonds. The maximum absolute atomic E-state index is 12.1. The summed E-state index contributed by atoms with van der Waals surface area (Å²) in [4.78, 5) is 12.4. The topological polar surface area (TPSA) is 84.5 Å². The summed E-state index contributed by atoms with van der Waals surface area (Å²) in [5, 5.41) is 5.53. The van der Waals surface area contributed by atoms with Gasteiger partial charge in [-0.15, -0.1) is 0 Å². The fourth-order valence-electron chi connectivity index (χ4n) is 2.19. The number of methoxy groups -OCH3 is 1. The molecule has 2 aromatic carbocycles. The van der Waals surface area contributed by atoms with Gasteiger partial charge in [0.25, 0.3) is 0 Å². The Morgan fingerprint density at radius 1 is 1.08 bits per heavy atom. The molecule has 7 heteroatoms. The number of rotatable bonds is 5. The number of nitrogens with one attached hydrogen (secondary N) is 2. The number of carbonyl (C=O) groups excluding carboxylic acids is 1. The zero-order chi connectivity index (χ0) is 17.7. The average Bonchev–Trinajstić information content (AvgIpc) is 2.54. The van der Waals surface area contributed by atoms with Gasteiger partial charge in [-0.1, -0.05) is 24.3 Å². The molecule has 2 N–H and O–H groups in total. The van der Waals surface area contributed by atoms with Crippen molar-refractivity contribution >= 4 is 21.6 Å². The molecule has 0 spiro atoms. The maximum atomic E-state index is 12.1. The molecule has 0 saturated heterocycles. The predicted molar refractivity (Wildman–Crippen MR) is 93.1 cm³/mol. The average molecular weight is 348 g/mol. The van der Waals surface area contributed by atoms with Gasteiger partial charge in [-0.3, -0.25) is 0 Å². The molecule has 0 heterocycles. The van der Waals surface area contributed by atoms with E-state index >= 15 is 0 Å². The molecule has 0 fully saturated rings. The highest BCUT2D eigenvalue weighted by atomic mass is 32.2. The minimum atomic E-state index is -3.23. The highest BCUT2D eigenvalue weighted by Crippen LogP contribution is 2.23. The molecule has 128 valence electrons. The van der Waals surface area contributed by atoms with Gasteiger partial charge >= 0.3 is 6.03 Å². The fourth-order valence-corrected chi connectivity index (χ4v) is 2.82. The van der Waals surface area contributed by atoms with Crippen LogP contribution in [0, 0.1) is 0 Å². The number of ether oxygens (including phenoxy) is 1. The van der Waals surface area contributed by atoms with Crippen molar-refractivity contribution in [3.05, 3.63) is 54.1 Å². The zero-order valence-corrected chi connectivity index (χ0v) is 14.6. The lowest BCUT2D eigenvalue weighted by Crippen LogP contribution is -2.31. The number of carbonyl (C=O) groups is 1. The number of anilines is 1. The number of para-hydroxylation sites is 2. The van der Waals surface area contributed by atoms with Gasteiger partial charge in [0.05, 0.1) is 23.7 Å². The second-order valence-electron chi connectivity index (χ2n) is 5.36. The Hall–Kier alpha value is -2.54. The fraction of sp³-hybridized carbons (Fsp3) is 0.235. The summed E-state index contributed by atoms with van der Waals surface area (Å²) in [6, 6.07) is 12.9. The third-order valence-corrected chi connectivity index (χ3v) is 4.64. The van der Waals surface area contributed by atoms with Crippen LogP contribution in [0.3, 0.4) is 0 Å². The van der Waals surface area contributed by atoms with E-state index in [1.54, 1.807) is 30.3 Å². The lowest BCUT2D eigenvalue weighted by Gasteiger charge is -2.16. The summed E-state index contributed by atoms with van der Waals surface area (Å²) in [6.45, 7) is 1.82. The van der Waals surface area contributed by atoms with Crippen molar-refractivity contribution in [2.24, 2.45) is 0 Å². The highest BCUT2D eigenvalue weighted by Gasteiger charge is 2.13. The summed E-state index contributed by atoms with van der Waals surface area (Å²) < 4.78 is 28.1. The van der Waals surface area contributed by atoms with Crippen molar-refractivity contribution < 1.29 is 17.9 Å². The Bertz CT molecular complexity index is 817. The summed E-state index contributed by atoms with van der Waals surface area (Å²) in [7, 11) is -1.70. The molecule has 1 unspecified atom stereocenters. The van der Waals surface area contributed by atoms with Crippen LogP contribution < -0.4 is 15.4 Å². The predicted octanol–water partition coefficient (Wildman–Crippen LogP) is 2.98. The molecular weight excluding hydrogens is 328 g/mol. The largest absolute Gasteiger partial charge is 0.495 e. The Kier molecular flexibility index (Phi) is 5.46. The smallest absolute Gasteiger partial charge is 0.319 e. The van der Waals surface area contributed by atoms with Crippen LogP contribution in [0.4, 0.5) is 10.5 Å². The maximum Gasteiger partial charge on any atom is 0.319 e. The molecule has 0 saturated carbocycles. The summed E-state index contributed by atoms with van der Waals surface area (Å²) >= 11 is 0. The van der Waals surface area contributed by atoms with Crippen molar-refractivity contribution in [2.75, 3.05) is 18.7 Å². The molecule has 0 aromatic heterocycles. The molecule has 0 aliphatic rings. The molecule has 0 aliphatic heterocycles. The second kappa shape index (κ2) is 7.35. The normalized spacial score (nSPS) is 12.3. The first-order chi connectivity index (χ1) is 11.3. The molecule has 6 nitrogen and oxygen atoms in total. The Labute approximate surface area is 141 Å². The summed E-state index contributed by atoms with van der Waals surface area (Å²) in [5.74, 6) is 0.567. The first-order valence-corrected chi connectivity index (χ1v) is 9.21.